The van der Waals surface area contributed by atoms with Crippen molar-refractivity contribution >= 4 is 17.8 Å². The Bertz CT molecular complexity index is 797. The topological polar surface area (TPSA) is 26.3 Å². The summed E-state index contributed by atoms with van der Waals surface area (Å²) < 4.78 is 53.6. The molecule has 0 amide bonds. The lowest BCUT2D eigenvalue weighted by Crippen LogP contribution is -2.16. The SMILES string of the molecule is C=C/C(=C/C/C=C\COC(F)(F)F)P(=O)(c1ccccc1)c1ccccc1. The van der Waals surface area contributed by atoms with E-state index in [0.717, 1.165) is 0 Å². The molecule has 0 fully saturated rings. The summed E-state index contributed by atoms with van der Waals surface area (Å²) in [6, 6.07) is 18.2. The van der Waals surface area contributed by atoms with Crippen LogP contribution in [-0.4, -0.2) is 13.0 Å². The number of ether oxygens (including phenoxy) is 1. The third kappa shape index (κ3) is 5.81. The van der Waals surface area contributed by atoms with E-state index in [1.165, 1.54) is 12.2 Å². The van der Waals surface area contributed by atoms with E-state index in [1.807, 2.05) is 36.4 Å². The van der Waals surface area contributed by atoms with Crippen molar-refractivity contribution < 1.29 is 22.5 Å². The first-order valence-corrected chi connectivity index (χ1v) is 9.98. The van der Waals surface area contributed by atoms with Crippen molar-refractivity contribution in [1.29, 1.82) is 0 Å². The average Bonchev–Trinajstić information content (AvgIpc) is 2.67. The second kappa shape index (κ2) is 9.54. The van der Waals surface area contributed by atoms with Gasteiger partial charge in [-0.2, -0.15) is 0 Å². The van der Waals surface area contributed by atoms with Gasteiger partial charge in [-0.05, 0) is 6.42 Å². The van der Waals surface area contributed by atoms with E-state index < -0.39 is 20.1 Å². The lowest BCUT2D eigenvalue weighted by atomic mass is 10.3. The van der Waals surface area contributed by atoms with Gasteiger partial charge in [0.05, 0.1) is 6.61 Å². The zero-order valence-corrected chi connectivity index (χ0v) is 15.5. The van der Waals surface area contributed by atoms with Crippen LogP contribution >= 0.6 is 7.14 Å². The molecule has 0 aliphatic rings. The first-order chi connectivity index (χ1) is 12.9. The second-order valence-corrected chi connectivity index (χ2v) is 8.35. The number of alkyl halides is 3. The predicted octanol–water partition coefficient (Wildman–Crippen LogP) is 5.55. The maximum atomic E-state index is 14.1. The van der Waals surface area contributed by atoms with Gasteiger partial charge in [-0.15, -0.1) is 13.2 Å². The summed E-state index contributed by atoms with van der Waals surface area (Å²) in [5.41, 5.74) is 0. The molecule has 2 aromatic carbocycles. The van der Waals surface area contributed by atoms with Crippen molar-refractivity contribution in [2.75, 3.05) is 6.61 Å². The largest absolute Gasteiger partial charge is 0.522 e. The summed E-state index contributed by atoms with van der Waals surface area (Å²) in [6.07, 6.45) is 1.74. The Morgan fingerprint density at radius 2 is 1.48 bits per heavy atom. The van der Waals surface area contributed by atoms with Crippen molar-refractivity contribution in [2.24, 2.45) is 0 Å². The molecular formula is C21H20F3O2P. The molecule has 2 rings (SSSR count). The molecule has 0 heterocycles. The van der Waals surface area contributed by atoms with Crippen LogP contribution in [0.3, 0.4) is 0 Å². The Kier molecular flexibility index (Phi) is 7.40. The van der Waals surface area contributed by atoms with E-state index in [0.29, 0.717) is 22.3 Å². The minimum Gasteiger partial charge on any atom is -0.309 e. The lowest BCUT2D eigenvalue weighted by molar-refractivity contribution is -0.319. The molecule has 0 radical (unpaired) electrons. The predicted molar refractivity (Wildman–Crippen MR) is 104 cm³/mol. The zero-order chi connectivity index (χ0) is 19.8. The van der Waals surface area contributed by atoms with Crippen LogP contribution < -0.4 is 10.6 Å². The first-order valence-electron chi connectivity index (χ1n) is 8.28. The average molecular weight is 392 g/mol. The molecule has 0 aliphatic carbocycles. The molecule has 0 N–H and O–H groups in total. The van der Waals surface area contributed by atoms with E-state index in [2.05, 4.69) is 11.3 Å². The highest BCUT2D eigenvalue weighted by Gasteiger charge is 2.30. The minimum absolute atomic E-state index is 0.312. The van der Waals surface area contributed by atoms with Gasteiger partial charge >= 0.3 is 6.36 Å². The smallest absolute Gasteiger partial charge is 0.309 e. The van der Waals surface area contributed by atoms with Gasteiger partial charge < -0.3 is 4.57 Å². The van der Waals surface area contributed by atoms with E-state index in [1.54, 1.807) is 36.4 Å². The molecule has 0 saturated heterocycles. The van der Waals surface area contributed by atoms with Crippen LogP contribution in [0.15, 0.2) is 96.9 Å². The molecule has 0 spiro atoms. The molecule has 2 nitrogen and oxygen atoms in total. The highest BCUT2D eigenvalue weighted by atomic mass is 31.2. The van der Waals surface area contributed by atoms with Gasteiger partial charge in [-0.3, -0.25) is 4.74 Å². The van der Waals surface area contributed by atoms with Crippen LogP contribution in [0.4, 0.5) is 13.2 Å². The third-order valence-corrected chi connectivity index (χ3v) is 6.93. The molecule has 0 atom stereocenters. The zero-order valence-electron chi connectivity index (χ0n) is 14.6. The van der Waals surface area contributed by atoms with E-state index in [-0.39, 0.29) is 0 Å². The molecule has 6 heteroatoms. The van der Waals surface area contributed by atoms with Gasteiger partial charge in [0.2, 0.25) is 0 Å². The summed E-state index contributed by atoms with van der Waals surface area (Å²) in [5, 5.41) is 1.89. The number of benzene rings is 2. The molecule has 0 aliphatic heterocycles. The maximum absolute atomic E-state index is 14.1. The van der Waals surface area contributed by atoms with Crippen LogP contribution in [0.25, 0.3) is 0 Å². The van der Waals surface area contributed by atoms with Crippen LogP contribution in [0, 0.1) is 0 Å². The fourth-order valence-electron chi connectivity index (χ4n) is 2.56. The van der Waals surface area contributed by atoms with Crippen molar-refractivity contribution in [3.63, 3.8) is 0 Å². The Hall–Kier alpha value is -2.36. The summed E-state index contributed by atoms with van der Waals surface area (Å²) in [7, 11) is -3.12. The van der Waals surface area contributed by atoms with Crippen LogP contribution in [0.5, 0.6) is 0 Å². The minimum atomic E-state index is -4.65. The number of hydrogen-bond donors (Lipinski definition) is 0. The number of allylic oxidation sites excluding steroid dienone is 4. The van der Waals surface area contributed by atoms with Gasteiger partial charge in [-0.25, -0.2) is 0 Å². The van der Waals surface area contributed by atoms with E-state index in [4.69, 9.17) is 0 Å². The molecule has 0 saturated carbocycles. The fourth-order valence-corrected chi connectivity index (χ4v) is 5.26. The summed E-state index contributed by atoms with van der Waals surface area (Å²) >= 11 is 0. The summed E-state index contributed by atoms with van der Waals surface area (Å²) in [4.78, 5) is 0. The number of hydrogen-bond acceptors (Lipinski definition) is 2. The van der Waals surface area contributed by atoms with Gasteiger partial charge in [-0.1, -0.05) is 91.5 Å². The van der Waals surface area contributed by atoms with E-state index >= 15 is 0 Å². The first kappa shape index (κ1) is 20.9. The standard InChI is InChI=1S/C21H20F3O2P/c1-2-18(12-10-5-11-17-26-21(22,23)24)27(25,19-13-6-3-7-14-19)20-15-8-4-9-16-20/h2-9,11-16H,1,10,17H2/b11-5-,18-12-. The lowest BCUT2D eigenvalue weighted by Gasteiger charge is -2.20. The van der Waals surface area contributed by atoms with Crippen LogP contribution in [0.2, 0.25) is 0 Å². The van der Waals surface area contributed by atoms with Crippen molar-refractivity contribution in [3.8, 4) is 0 Å². The van der Waals surface area contributed by atoms with E-state index in [9.17, 15) is 17.7 Å². The Morgan fingerprint density at radius 1 is 0.963 bits per heavy atom. The highest BCUT2D eigenvalue weighted by molar-refractivity contribution is 7.82. The Morgan fingerprint density at radius 3 is 1.93 bits per heavy atom. The molecule has 2 aromatic rings. The Balaban J connectivity index is 2.30. The Labute approximate surface area is 157 Å². The van der Waals surface area contributed by atoms with Gasteiger partial charge in [0.1, 0.15) is 0 Å². The molecule has 0 aromatic heterocycles. The van der Waals surface area contributed by atoms with Gasteiger partial charge in [0.15, 0.2) is 7.14 Å². The summed E-state index contributed by atoms with van der Waals surface area (Å²) in [6.45, 7) is 3.23. The quantitative estimate of drug-likeness (QED) is 0.334. The van der Waals surface area contributed by atoms with Gasteiger partial charge in [0, 0.05) is 15.9 Å². The van der Waals surface area contributed by atoms with Crippen molar-refractivity contribution in [2.45, 2.75) is 12.8 Å². The third-order valence-electron chi connectivity index (χ3n) is 3.79. The molecular weight excluding hydrogens is 372 g/mol. The van der Waals surface area contributed by atoms with Crippen molar-refractivity contribution in [3.05, 3.63) is 96.9 Å². The maximum Gasteiger partial charge on any atom is 0.522 e. The van der Waals surface area contributed by atoms with Crippen LogP contribution in [0.1, 0.15) is 6.42 Å². The number of rotatable bonds is 8. The number of halogens is 3. The second-order valence-electron chi connectivity index (χ2n) is 5.58. The van der Waals surface area contributed by atoms with Crippen LogP contribution in [-0.2, 0) is 9.30 Å². The van der Waals surface area contributed by atoms with Crippen molar-refractivity contribution in [1.82, 2.24) is 0 Å². The highest BCUT2D eigenvalue weighted by Crippen LogP contribution is 2.52. The molecule has 27 heavy (non-hydrogen) atoms. The molecule has 142 valence electrons. The summed E-state index contributed by atoms with van der Waals surface area (Å²) in [5.74, 6) is 0. The molecule has 0 bridgehead atoms. The molecule has 0 unspecified atom stereocenters. The normalized spacial score (nSPS) is 13.1. The fraction of sp³-hybridized carbons (Fsp3) is 0.143. The van der Waals surface area contributed by atoms with Gasteiger partial charge in [0.25, 0.3) is 0 Å². The monoisotopic (exact) mass is 392 g/mol.